The summed E-state index contributed by atoms with van der Waals surface area (Å²) in [6.07, 6.45) is 15.6. The van der Waals surface area contributed by atoms with Gasteiger partial charge in [-0.2, -0.15) is 0 Å². The van der Waals surface area contributed by atoms with Crippen LogP contribution in [0.1, 0.15) is 75.1 Å². The topological polar surface area (TPSA) is 46.5 Å². The largest absolute Gasteiger partial charge is 0.508 e. The van der Waals surface area contributed by atoms with Crippen molar-refractivity contribution in [3.05, 3.63) is 42.0 Å². The predicted octanol–water partition coefficient (Wildman–Crippen LogP) is 5.64. The third kappa shape index (κ3) is 9.77. The summed E-state index contributed by atoms with van der Waals surface area (Å²) in [4.78, 5) is 11.7. The van der Waals surface area contributed by atoms with Crippen LogP contribution < -0.4 is 0 Å². The summed E-state index contributed by atoms with van der Waals surface area (Å²) >= 11 is 0. The molecular formula is C20H30O3. The number of aromatic hydroxyl groups is 1. The van der Waals surface area contributed by atoms with Crippen LogP contribution in [0.3, 0.4) is 0 Å². The Hall–Kier alpha value is -1.77. The van der Waals surface area contributed by atoms with E-state index in [2.05, 4.69) is 13.0 Å². The SMILES string of the molecule is CCCCCCCCCC/C=C/COC(=O)c1ccc(O)cc1. The van der Waals surface area contributed by atoms with Gasteiger partial charge in [0.25, 0.3) is 0 Å². The molecular weight excluding hydrogens is 288 g/mol. The first kappa shape index (κ1) is 19.3. The van der Waals surface area contributed by atoms with Crippen molar-refractivity contribution in [2.75, 3.05) is 6.61 Å². The van der Waals surface area contributed by atoms with E-state index in [1.807, 2.05) is 6.08 Å². The van der Waals surface area contributed by atoms with Crippen molar-refractivity contribution < 1.29 is 14.6 Å². The van der Waals surface area contributed by atoms with Gasteiger partial charge in [0.1, 0.15) is 12.4 Å². The first-order chi connectivity index (χ1) is 11.2. The van der Waals surface area contributed by atoms with E-state index in [4.69, 9.17) is 9.84 Å². The highest BCUT2D eigenvalue weighted by atomic mass is 16.5. The molecule has 0 radical (unpaired) electrons. The second-order valence-corrected chi connectivity index (χ2v) is 5.88. The molecule has 3 nitrogen and oxygen atoms in total. The van der Waals surface area contributed by atoms with Crippen LogP contribution in [0.25, 0.3) is 0 Å². The highest BCUT2D eigenvalue weighted by Gasteiger charge is 2.05. The van der Waals surface area contributed by atoms with Crippen LogP contribution in [0.5, 0.6) is 5.75 Å². The molecule has 0 aliphatic carbocycles. The molecule has 128 valence electrons. The van der Waals surface area contributed by atoms with Crippen molar-refractivity contribution in [3.8, 4) is 5.75 Å². The molecule has 0 unspecified atom stereocenters. The Balaban J connectivity index is 1.98. The number of esters is 1. The highest BCUT2D eigenvalue weighted by Crippen LogP contribution is 2.11. The van der Waals surface area contributed by atoms with Gasteiger partial charge >= 0.3 is 5.97 Å². The number of unbranched alkanes of at least 4 members (excludes halogenated alkanes) is 8. The summed E-state index contributed by atoms with van der Waals surface area (Å²) in [6, 6.07) is 6.08. The van der Waals surface area contributed by atoms with Gasteiger partial charge in [-0.3, -0.25) is 0 Å². The molecule has 0 saturated heterocycles. The fraction of sp³-hybridized carbons (Fsp3) is 0.550. The van der Waals surface area contributed by atoms with E-state index in [1.54, 1.807) is 12.1 Å². The Morgan fingerprint density at radius 2 is 1.57 bits per heavy atom. The molecule has 0 aliphatic rings. The number of allylic oxidation sites excluding steroid dienone is 1. The number of rotatable bonds is 12. The Labute approximate surface area is 140 Å². The Morgan fingerprint density at radius 1 is 0.957 bits per heavy atom. The van der Waals surface area contributed by atoms with Gasteiger partial charge in [0, 0.05) is 0 Å². The van der Waals surface area contributed by atoms with Crippen LogP contribution >= 0.6 is 0 Å². The van der Waals surface area contributed by atoms with Crippen molar-refractivity contribution in [2.24, 2.45) is 0 Å². The van der Waals surface area contributed by atoms with Crippen LogP contribution in [0.4, 0.5) is 0 Å². The second kappa shape index (κ2) is 12.7. The lowest BCUT2D eigenvalue weighted by atomic mass is 10.1. The molecule has 0 fully saturated rings. The summed E-state index contributed by atoms with van der Waals surface area (Å²) in [5.41, 5.74) is 0.458. The quantitative estimate of drug-likeness (QED) is 0.308. The average molecular weight is 318 g/mol. The summed E-state index contributed by atoms with van der Waals surface area (Å²) in [5.74, 6) is -0.214. The minimum Gasteiger partial charge on any atom is -0.508 e. The number of hydrogen-bond acceptors (Lipinski definition) is 3. The Bertz CT molecular complexity index is 448. The predicted molar refractivity (Wildman–Crippen MR) is 94.8 cm³/mol. The van der Waals surface area contributed by atoms with Crippen molar-refractivity contribution >= 4 is 5.97 Å². The van der Waals surface area contributed by atoms with Crippen LogP contribution in [0.2, 0.25) is 0 Å². The van der Waals surface area contributed by atoms with E-state index in [-0.39, 0.29) is 11.7 Å². The van der Waals surface area contributed by atoms with Crippen LogP contribution in [-0.4, -0.2) is 17.7 Å². The molecule has 1 rings (SSSR count). The lowest BCUT2D eigenvalue weighted by Crippen LogP contribution is -2.04. The highest BCUT2D eigenvalue weighted by molar-refractivity contribution is 5.89. The normalized spacial score (nSPS) is 11.0. The third-order valence-electron chi connectivity index (χ3n) is 3.80. The van der Waals surface area contributed by atoms with Crippen LogP contribution in [0.15, 0.2) is 36.4 Å². The number of carbonyl (C=O) groups is 1. The molecule has 1 aromatic rings. The maximum absolute atomic E-state index is 11.7. The van der Waals surface area contributed by atoms with Crippen LogP contribution in [-0.2, 0) is 4.74 Å². The number of phenolic OH excluding ortho intramolecular Hbond substituents is 1. The molecule has 0 aromatic heterocycles. The van der Waals surface area contributed by atoms with E-state index in [9.17, 15) is 4.79 Å². The third-order valence-corrected chi connectivity index (χ3v) is 3.80. The average Bonchev–Trinajstić information content (AvgIpc) is 2.56. The molecule has 1 N–H and O–H groups in total. The van der Waals surface area contributed by atoms with Gasteiger partial charge in [0.05, 0.1) is 5.56 Å². The maximum Gasteiger partial charge on any atom is 0.338 e. The van der Waals surface area contributed by atoms with Crippen LogP contribution in [0, 0.1) is 0 Å². The molecule has 0 aliphatic heterocycles. The lowest BCUT2D eigenvalue weighted by molar-refractivity contribution is 0.0549. The molecule has 0 amide bonds. The fourth-order valence-corrected chi connectivity index (χ4v) is 2.39. The van der Waals surface area contributed by atoms with Gasteiger partial charge in [-0.25, -0.2) is 4.79 Å². The molecule has 0 heterocycles. The summed E-state index contributed by atoms with van der Waals surface area (Å²) in [7, 11) is 0. The van der Waals surface area contributed by atoms with Gasteiger partial charge in [0.2, 0.25) is 0 Å². The number of phenols is 1. The Kier molecular flexibility index (Phi) is 10.7. The summed E-state index contributed by atoms with van der Waals surface area (Å²) < 4.78 is 5.14. The van der Waals surface area contributed by atoms with E-state index < -0.39 is 0 Å². The summed E-state index contributed by atoms with van der Waals surface area (Å²) in [5, 5.41) is 9.16. The molecule has 1 aromatic carbocycles. The van der Waals surface area contributed by atoms with Gasteiger partial charge in [-0.05, 0) is 37.1 Å². The molecule has 3 heteroatoms. The van der Waals surface area contributed by atoms with Crippen molar-refractivity contribution in [3.63, 3.8) is 0 Å². The first-order valence-corrected chi connectivity index (χ1v) is 8.85. The van der Waals surface area contributed by atoms with Gasteiger partial charge in [-0.1, -0.05) is 64.0 Å². The number of carbonyl (C=O) groups excluding carboxylic acids is 1. The van der Waals surface area contributed by atoms with E-state index >= 15 is 0 Å². The number of ether oxygens (including phenoxy) is 1. The Morgan fingerprint density at radius 3 is 2.22 bits per heavy atom. The minimum atomic E-state index is -0.360. The fourth-order valence-electron chi connectivity index (χ4n) is 2.39. The number of benzene rings is 1. The minimum absolute atomic E-state index is 0.145. The zero-order chi connectivity index (χ0) is 16.8. The van der Waals surface area contributed by atoms with E-state index in [0.29, 0.717) is 12.2 Å². The molecule has 23 heavy (non-hydrogen) atoms. The lowest BCUT2D eigenvalue weighted by Gasteiger charge is -2.02. The van der Waals surface area contributed by atoms with E-state index in [0.717, 1.165) is 6.42 Å². The van der Waals surface area contributed by atoms with Crippen molar-refractivity contribution in [1.82, 2.24) is 0 Å². The van der Waals surface area contributed by atoms with E-state index in [1.165, 1.54) is 63.5 Å². The zero-order valence-electron chi connectivity index (χ0n) is 14.3. The second-order valence-electron chi connectivity index (χ2n) is 5.88. The van der Waals surface area contributed by atoms with Gasteiger partial charge in [-0.15, -0.1) is 0 Å². The van der Waals surface area contributed by atoms with Crippen molar-refractivity contribution in [1.29, 1.82) is 0 Å². The van der Waals surface area contributed by atoms with Crippen molar-refractivity contribution in [2.45, 2.75) is 64.7 Å². The van der Waals surface area contributed by atoms with Gasteiger partial charge in [0.15, 0.2) is 0 Å². The summed E-state index contributed by atoms with van der Waals surface area (Å²) in [6.45, 7) is 2.55. The first-order valence-electron chi connectivity index (χ1n) is 8.85. The molecule has 0 atom stereocenters. The molecule has 0 spiro atoms. The maximum atomic E-state index is 11.7. The smallest absolute Gasteiger partial charge is 0.338 e. The standard InChI is InChI=1S/C20H30O3/c1-2-3-4-5-6-7-8-9-10-11-12-17-23-20(22)18-13-15-19(21)16-14-18/h11-16,21H,2-10,17H2,1H3/b12-11+. The zero-order valence-corrected chi connectivity index (χ0v) is 14.3. The van der Waals surface area contributed by atoms with Gasteiger partial charge < -0.3 is 9.84 Å². The molecule has 0 bridgehead atoms. The number of hydrogen-bond donors (Lipinski definition) is 1. The monoisotopic (exact) mass is 318 g/mol. The molecule has 0 saturated carbocycles.